The molecule has 0 aromatic heterocycles. The first kappa shape index (κ1) is 28.4. The number of hydrogen-bond acceptors (Lipinski definition) is 2. The third-order valence-electron chi connectivity index (χ3n) is 8.79. The molecule has 45 heavy (non-hydrogen) atoms. The van der Waals surface area contributed by atoms with Gasteiger partial charge in [0.2, 0.25) is 0 Å². The van der Waals surface area contributed by atoms with Crippen LogP contribution in [0.2, 0.25) is 0 Å². The average Bonchev–Trinajstić information content (AvgIpc) is 3.45. The molecule has 0 unspecified atom stereocenters. The molecule has 0 N–H and O–H groups in total. The second-order valence-corrected chi connectivity index (χ2v) is 14.8. The molecule has 7 rings (SSSR count). The molecule has 6 aromatic rings. The molecule has 218 valence electrons. The van der Waals surface area contributed by atoms with Crippen molar-refractivity contribution in [1.82, 2.24) is 0 Å². The zero-order chi connectivity index (χ0) is 30.6. The van der Waals surface area contributed by atoms with Crippen LogP contribution in [0, 0.1) is 0 Å². The lowest BCUT2D eigenvalue weighted by Gasteiger charge is -2.36. The first-order chi connectivity index (χ1) is 22.3. The number of benzene rings is 6. The summed E-state index contributed by atoms with van der Waals surface area (Å²) in [5, 5.41) is 5.22. The normalized spacial score (nSPS) is 14.0. The highest BCUT2D eigenvalue weighted by Gasteiger charge is 2.54. The summed E-state index contributed by atoms with van der Waals surface area (Å²) in [7, 11) is 0.438. The van der Waals surface area contributed by atoms with Gasteiger partial charge in [0, 0.05) is 11.1 Å². The van der Waals surface area contributed by atoms with E-state index in [9.17, 15) is 0 Å². The van der Waals surface area contributed by atoms with Gasteiger partial charge in [-0.05, 0) is 55.2 Å². The number of allylic oxidation sites excluding steroid dienone is 2. The standard InChI is InChI=1S/C42H34O2Si/c1-43-37-29-17-15-27-35(37)41-39(31-19-7-3-8-20-31)40(32-21-9-4-10-22-32)42(36-28-16-18-30-38(36)44-2)45(41,33-23-11-5-12-24-33)34-25-13-6-14-26-34/h3-30H,1-2H3. The number of methoxy groups -OCH3 is 2. The highest BCUT2D eigenvalue weighted by atomic mass is 28.3. The summed E-state index contributed by atoms with van der Waals surface area (Å²) in [6.45, 7) is 0. The van der Waals surface area contributed by atoms with Gasteiger partial charge in [-0.1, -0.05) is 158 Å². The van der Waals surface area contributed by atoms with Crippen LogP contribution in [0.25, 0.3) is 21.5 Å². The van der Waals surface area contributed by atoms with Gasteiger partial charge in [0.25, 0.3) is 0 Å². The van der Waals surface area contributed by atoms with Crippen LogP contribution in [-0.2, 0) is 0 Å². The maximum absolute atomic E-state index is 6.18. The fourth-order valence-corrected chi connectivity index (χ4v) is 12.7. The monoisotopic (exact) mass is 598 g/mol. The predicted molar refractivity (Wildman–Crippen MR) is 190 cm³/mol. The fourth-order valence-electron chi connectivity index (χ4n) is 7.03. The molecule has 0 fully saturated rings. The summed E-state index contributed by atoms with van der Waals surface area (Å²) in [6.07, 6.45) is 0. The van der Waals surface area contributed by atoms with Crippen molar-refractivity contribution in [1.29, 1.82) is 0 Å². The molecule has 0 bridgehead atoms. The topological polar surface area (TPSA) is 18.5 Å². The van der Waals surface area contributed by atoms with Gasteiger partial charge < -0.3 is 9.47 Å². The van der Waals surface area contributed by atoms with E-state index in [1.807, 2.05) is 0 Å². The van der Waals surface area contributed by atoms with E-state index in [4.69, 9.17) is 9.47 Å². The maximum Gasteiger partial charge on any atom is 0.182 e. The third kappa shape index (κ3) is 4.73. The van der Waals surface area contributed by atoms with E-state index in [1.54, 1.807) is 14.2 Å². The van der Waals surface area contributed by atoms with Gasteiger partial charge in [-0.25, -0.2) is 0 Å². The highest BCUT2D eigenvalue weighted by molar-refractivity contribution is 7.29. The van der Waals surface area contributed by atoms with E-state index in [0.717, 1.165) is 22.6 Å². The molecule has 0 aliphatic carbocycles. The Labute approximate surface area is 266 Å². The van der Waals surface area contributed by atoms with Crippen LogP contribution in [0.5, 0.6) is 11.5 Å². The minimum Gasteiger partial charge on any atom is -0.496 e. The molecule has 2 nitrogen and oxygen atoms in total. The molecule has 3 heteroatoms. The Kier molecular flexibility index (Phi) is 7.77. The van der Waals surface area contributed by atoms with E-state index >= 15 is 0 Å². The molecule has 1 heterocycles. The van der Waals surface area contributed by atoms with Gasteiger partial charge in [-0.15, -0.1) is 0 Å². The lowest BCUT2D eigenvalue weighted by molar-refractivity contribution is 0.413. The number of rotatable bonds is 8. The average molecular weight is 599 g/mol. The number of para-hydroxylation sites is 2. The van der Waals surface area contributed by atoms with E-state index in [0.29, 0.717) is 0 Å². The summed E-state index contributed by atoms with van der Waals surface area (Å²) >= 11 is 0. The van der Waals surface area contributed by atoms with Gasteiger partial charge in [-0.3, -0.25) is 0 Å². The molecular weight excluding hydrogens is 565 g/mol. The molecule has 0 amide bonds. The summed E-state index contributed by atoms with van der Waals surface area (Å²) in [5.41, 5.74) is 7.02. The second kappa shape index (κ2) is 12.3. The Balaban J connectivity index is 1.81. The molecule has 1 aliphatic heterocycles. The van der Waals surface area contributed by atoms with E-state index < -0.39 is 8.07 Å². The zero-order valence-electron chi connectivity index (χ0n) is 25.5. The van der Waals surface area contributed by atoms with Gasteiger partial charge in [0.15, 0.2) is 8.07 Å². The Morgan fingerprint density at radius 2 is 0.667 bits per heavy atom. The van der Waals surface area contributed by atoms with E-state index in [2.05, 4.69) is 170 Å². The van der Waals surface area contributed by atoms with Crippen LogP contribution in [0.15, 0.2) is 170 Å². The van der Waals surface area contributed by atoms with Crippen molar-refractivity contribution in [3.05, 3.63) is 192 Å². The molecule has 0 radical (unpaired) electrons. The minimum absolute atomic E-state index is 0.860. The molecule has 0 atom stereocenters. The summed E-state index contributed by atoms with van der Waals surface area (Å²) in [6, 6.07) is 60.9. The Bertz CT molecular complexity index is 1850. The molecule has 0 spiro atoms. The van der Waals surface area contributed by atoms with Crippen LogP contribution >= 0.6 is 0 Å². The van der Waals surface area contributed by atoms with Crippen LogP contribution in [-0.4, -0.2) is 22.3 Å². The quantitative estimate of drug-likeness (QED) is 0.163. The van der Waals surface area contributed by atoms with E-state index in [-0.39, 0.29) is 0 Å². The van der Waals surface area contributed by atoms with Gasteiger partial charge in [-0.2, -0.15) is 0 Å². The SMILES string of the molecule is COc1ccccc1C1=C(c2ccccc2)C(c2ccccc2)=C(c2ccccc2OC)[Si]1(c1ccccc1)c1ccccc1. The van der Waals surface area contributed by atoms with Crippen molar-refractivity contribution in [3.63, 3.8) is 0 Å². The summed E-state index contributed by atoms with van der Waals surface area (Å²) in [4.78, 5) is 0. The van der Waals surface area contributed by atoms with Crippen molar-refractivity contribution < 1.29 is 9.47 Å². The fraction of sp³-hybridized carbons (Fsp3) is 0.0476. The minimum atomic E-state index is -3.11. The number of ether oxygens (including phenoxy) is 2. The molecule has 0 saturated carbocycles. The molecule has 1 aliphatic rings. The zero-order valence-corrected chi connectivity index (χ0v) is 26.5. The lowest BCUT2D eigenvalue weighted by Crippen LogP contribution is -2.59. The highest BCUT2D eigenvalue weighted by Crippen LogP contribution is 2.57. The Hall–Kier alpha value is -5.38. The van der Waals surface area contributed by atoms with Crippen LogP contribution in [0.4, 0.5) is 0 Å². The summed E-state index contributed by atoms with van der Waals surface area (Å²) in [5.74, 6) is 1.72. The van der Waals surface area contributed by atoms with Gasteiger partial charge >= 0.3 is 0 Å². The maximum atomic E-state index is 6.18. The Morgan fingerprint density at radius 1 is 0.356 bits per heavy atom. The van der Waals surface area contributed by atoms with Crippen LogP contribution < -0.4 is 19.8 Å². The Morgan fingerprint density at radius 3 is 1.02 bits per heavy atom. The van der Waals surface area contributed by atoms with Crippen molar-refractivity contribution >= 4 is 40.0 Å². The van der Waals surface area contributed by atoms with Crippen molar-refractivity contribution in [3.8, 4) is 11.5 Å². The smallest absolute Gasteiger partial charge is 0.182 e. The second-order valence-electron chi connectivity index (χ2n) is 11.1. The first-order valence-corrected chi connectivity index (χ1v) is 17.3. The number of hydrogen-bond donors (Lipinski definition) is 0. The van der Waals surface area contributed by atoms with Gasteiger partial charge in [0.05, 0.1) is 14.2 Å². The van der Waals surface area contributed by atoms with Crippen molar-refractivity contribution in [2.45, 2.75) is 0 Å². The lowest BCUT2D eigenvalue weighted by atomic mass is 9.89. The first-order valence-electron chi connectivity index (χ1n) is 15.3. The third-order valence-corrected chi connectivity index (χ3v) is 13.7. The van der Waals surface area contributed by atoms with Crippen LogP contribution in [0.3, 0.4) is 0 Å². The molecule has 6 aromatic carbocycles. The largest absolute Gasteiger partial charge is 0.496 e. The van der Waals surface area contributed by atoms with Crippen LogP contribution in [0.1, 0.15) is 22.3 Å². The van der Waals surface area contributed by atoms with E-state index in [1.165, 1.54) is 43.0 Å². The molecule has 0 saturated heterocycles. The van der Waals surface area contributed by atoms with Gasteiger partial charge in [0.1, 0.15) is 11.5 Å². The summed E-state index contributed by atoms with van der Waals surface area (Å²) < 4.78 is 12.4. The van der Waals surface area contributed by atoms with Crippen molar-refractivity contribution in [2.75, 3.05) is 14.2 Å². The predicted octanol–water partition coefficient (Wildman–Crippen LogP) is 8.58. The molecular formula is C42H34O2Si. The van der Waals surface area contributed by atoms with Crippen molar-refractivity contribution in [2.24, 2.45) is 0 Å².